The van der Waals surface area contributed by atoms with Crippen LogP contribution >= 0.6 is 0 Å². The van der Waals surface area contributed by atoms with Gasteiger partial charge in [0.15, 0.2) is 0 Å². The maximum atomic E-state index is 13.1. The summed E-state index contributed by atoms with van der Waals surface area (Å²) in [6, 6.07) is 3.12. The minimum Gasteiger partial charge on any atom is -0.478 e. The van der Waals surface area contributed by atoms with E-state index >= 15 is 0 Å². The van der Waals surface area contributed by atoms with Crippen LogP contribution < -0.4 is 0 Å². The molecule has 22 heavy (non-hydrogen) atoms. The summed E-state index contributed by atoms with van der Waals surface area (Å²) in [7, 11) is -3.58. The summed E-state index contributed by atoms with van der Waals surface area (Å²) in [6.45, 7) is 0.596. The highest BCUT2D eigenvalue weighted by atomic mass is 32.2. The Bertz CT molecular complexity index is 756. The van der Waals surface area contributed by atoms with E-state index in [4.69, 9.17) is 0 Å². The molecule has 1 saturated carbocycles. The lowest BCUT2D eigenvalue weighted by Gasteiger charge is -2.27. The van der Waals surface area contributed by atoms with Crippen molar-refractivity contribution in [2.75, 3.05) is 6.54 Å². The molecule has 2 unspecified atom stereocenters. The van der Waals surface area contributed by atoms with Crippen LogP contribution in [0.5, 0.6) is 0 Å². The van der Waals surface area contributed by atoms with Crippen LogP contribution in [0.4, 0.5) is 0 Å². The lowest BCUT2D eigenvalue weighted by atomic mass is 10.1. The second-order valence-electron chi connectivity index (χ2n) is 6.68. The van der Waals surface area contributed by atoms with Crippen molar-refractivity contribution < 1.29 is 18.3 Å². The largest absolute Gasteiger partial charge is 0.478 e. The Morgan fingerprint density at radius 2 is 2.05 bits per heavy atom. The van der Waals surface area contributed by atoms with Crippen LogP contribution in [0, 0.1) is 5.92 Å². The van der Waals surface area contributed by atoms with E-state index in [9.17, 15) is 18.3 Å². The first-order valence-corrected chi connectivity index (χ1v) is 9.32. The van der Waals surface area contributed by atoms with Crippen molar-refractivity contribution in [1.29, 1.82) is 0 Å². The van der Waals surface area contributed by atoms with Crippen molar-refractivity contribution in [3.63, 3.8) is 0 Å². The van der Waals surface area contributed by atoms with Gasteiger partial charge in [0, 0.05) is 12.6 Å². The van der Waals surface area contributed by atoms with Crippen LogP contribution in [0.15, 0.2) is 17.0 Å². The molecule has 4 rings (SSSR count). The highest BCUT2D eigenvalue weighted by Crippen LogP contribution is 2.42. The summed E-state index contributed by atoms with van der Waals surface area (Å²) in [4.78, 5) is 11.6. The molecule has 1 saturated heterocycles. The van der Waals surface area contributed by atoms with Gasteiger partial charge in [-0.05, 0) is 67.7 Å². The fraction of sp³-hybridized carbons (Fsp3) is 0.562. The predicted octanol–water partition coefficient (Wildman–Crippen LogP) is 2.05. The van der Waals surface area contributed by atoms with Gasteiger partial charge in [-0.15, -0.1) is 0 Å². The fourth-order valence-corrected chi connectivity index (χ4v) is 6.38. The molecule has 118 valence electrons. The number of rotatable bonds is 3. The van der Waals surface area contributed by atoms with E-state index in [2.05, 4.69) is 0 Å². The fourth-order valence-electron chi connectivity index (χ4n) is 4.32. The normalized spacial score (nSPS) is 27.3. The number of aromatic carboxylic acids is 1. The topological polar surface area (TPSA) is 74.7 Å². The first-order valence-electron chi connectivity index (χ1n) is 7.88. The van der Waals surface area contributed by atoms with Gasteiger partial charge in [-0.1, -0.05) is 0 Å². The maximum absolute atomic E-state index is 13.1. The number of carboxylic acids is 1. The third-order valence-corrected chi connectivity index (χ3v) is 7.35. The van der Waals surface area contributed by atoms with Gasteiger partial charge in [-0.25, -0.2) is 13.2 Å². The number of carboxylic acid groups (broad SMARTS) is 1. The van der Waals surface area contributed by atoms with Crippen LogP contribution in [0.2, 0.25) is 0 Å². The Morgan fingerprint density at radius 1 is 1.23 bits per heavy atom. The first-order chi connectivity index (χ1) is 10.5. The lowest BCUT2D eigenvalue weighted by molar-refractivity contribution is 0.0696. The van der Waals surface area contributed by atoms with Gasteiger partial charge >= 0.3 is 5.97 Å². The van der Waals surface area contributed by atoms with Crippen LogP contribution in [-0.2, 0) is 22.9 Å². The zero-order valence-electron chi connectivity index (χ0n) is 12.3. The average Bonchev–Trinajstić information content (AvgIpc) is 3.21. The van der Waals surface area contributed by atoms with E-state index < -0.39 is 16.0 Å². The molecule has 3 aliphatic rings. The van der Waals surface area contributed by atoms with E-state index in [1.807, 2.05) is 0 Å². The molecule has 2 bridgehead atoms. The second kappa shape index (κ2) is 4.80. The smallest absolute Gasteiger partial charge is 0.335 e. The van der Waals surface area contributed by atoms with Gasteiger partial charge < -0.3 is 5.11 Å². The number of benzene rings is 1. The molecule has 5 nitrogen and oxygen atoms in total. The average molecular weight is 321 g/mol. The first kappa shape index (κ1) is 14.2. The van der Waals surface area contributed by atoms with Crippen molar-refractivity contribution in [1.82, 2.24) is 4.31 Å². The van der Waals surface area contributed by atoms with E-state index in [1.54, 1.807) is 10.4 Å². The molecular formula is C16H19NO4S. The van der Waals surface area contributed by atoms with E-state index in [0.717, 1.165) is 49.7 Å². The number of hydrogen-bond acceptors (Lipinski definition) is 3. The number of aryl methyl sites for hydroxylation is 1. The molecule has 2 atom stereocenters. The second-order valence-corrected chi connectivity index (χ2v) is 8.54. The summed E-state index contributed by atoms with van der Waals surface area (Å²) in [5.74, 6) is -0.579. The third kappa shape index (κ3) is 2.01. The number of carbonyl (C=O) groups is 1. The molecular weight excluding hydrogens is 302 g/mol. The molecule has 1 heterocycles. The van der Waals surface area contributed by atoms with Gasteiger partial charge in [-0.2, -0.15) is 4.31 Å². The van der Waals surface area contributed by atoms with Crippen molar-refractivity contribution >= 4 is 16.0 Å². The Morgan fingerprint density at radius 3 is 2.68 bits per heavy atom. The van der Waals surface area contributed by atoms with Crippen LogP contribution in [-0.4, -0.2) is 36.4 Å². The number of nitrogens with zero attached hydrogens (tertiary/aromatic N) is 1. The van der Waals surface area contributed by atoms with E-state index in [1.165, 1.54) is 6.07 Å². The van der Waals surface area contributed by atoms with Gasteiger partial charge in [-0.3, -0.25) is 0 Å². The van der Waals surface area contributed by atoms with E-state index in [0.29, 0.717) is 12.5 Å². The van der Waals surface area contributed by atoms with Crippen LogP contribution in [0.1, 0.15) is 47.2 Å². The molecule has 0 radical (unpaired) electrons. The Hall–Kier alpha value is -1.40. The molecule has 1 N–H and O–H groups in total. The van der Waals surface area contributed by atoms with Crippen molar-refractivity contribution in [2.45, 2.75) is 49.5 Å². The minimum absolute atomic E-state index is 0.0866. The molecule has 2 aliphatic carbocycles. The Labute approximate surface area is 130 Å². The summed E-state index contributed by atoms with van der Waals surface area (Å²) in [6.07, 6.45) is 5.40. The monoisotopic (exact) mass is 321 g/mol. The van der Waals surface area contributed by atoms with Crippen molar-refractivity contribution in [2.24, 2.45) is 5.92 Å². The number of piperidine rings is 1. The predicted molar refractivity (Wildman–Crippen MR) is 80.4 cm³/mol. The van der Waals surface area contributed by atoms with Gasteiger partial charge in [0.2, 0.25) is 10.0 Å². The Kier molecular flexibility index (Phi) is 3.10. The van der Waals surface area contributed by atoms with Crippen LogP contribution in [0.3, 0.4) is 0 Å². The molecule has 6 heteroatoms. The summed E-state index contributed by atoms with van der Waals surface area (Å²) in [5.41, 5.74) is 1.82. The molecule has 1 aliphatic heterocycles. The highest BCUT2D eigenvalue weighted by Gasteiger charge is 2.45. The summed E-state index contributed by atoms with van der Waals surface area (Å²) in [5, 5.41) is 9.27. The molecule has 0 amide bonds. The summed E-state index contributed by atoms with van der Waals surface area (Å²) >= 11 is 0. The molecule has 2 fully saturated rings. The molecule has 1 aromatic carbocycles. The Balaban J connectivity index is 1.83. The minimum atomic E-state index is -3.58. The standard InChI is InChI=1S/C16H19NO4S/c18-16(19)12-7-11-2-1-3-14(11)15(8-12)22(20,21)17-9-10-4-5-13(17)6-10/h7-8,10,13H,1-6,9H2,(H,18,19). The van der Waals surface area contributed by atoms with Crippen molar-refractivity contribution in [3.05, 3.63) is 28.8 Å². The SMILES string of the molecule is O=C(O)c1cc2c(c(S(=O)(=O)N3CC4CCC3C4)c1)CCC2. The quantitative estimate of drug-likeness (QED) is 0.924. The number of hydrogen-bond donors (Lipinski definition) is 1. The van der Waals surface area contributed by atoms with Gasteiger partial charge in [0.25, 0.3) is 0 Å². The zero-order chi connectivity index (χ0) is 15.5. The third-order valence-electron chi connectivity index (χ3n) is 5.37. The number of fused-ring (bicyclic) bond motifs is 3. The highest BCUT2D eigenvalue weighted by molar-refractivity contribution is 7.89. The van der Waals surface area contributed by atoms with Gasteiger partial charge in [0.05, 0.1) is 10.5 Å². The maximum Gasteiger partial charge on any atom is 0.335 e. The van der Waals surface area contributed by atoms with Crippen molar-refractivity contribution in [3.8, 4) is 0 Å². The number of sulfonamides is 1. The lowest BCUT2D eigenvalue weighted by Crippen LogP contribution is -2.38. The summed E-state index contributed by atoms with van der Waals surface area (Å²) < 4.78 is 27.8. The van der Waals surface area contributed by atoms with Crippen LogP contribution in [0.25, 0.3) is 0 Å². The molecule has 0 aromatic heterocycles. The van der Waals surface area contributed by atoms with Gasteiger partial charge in [0.1, 0.15) is 0 Å². The molecule has 1 aromatic rings. The molecule has 0 spiro atoms. The zero-order valence-corrected chi connectivity index (χ0v) is 13.1. The van der Waals surface area contributed by atoms with E-state index in [-0.39, 0.29) is 16.5 Å².